The van der Waals surface area contributed by atoms with Gasteiger partial charge in [0, 0.05) is 0 Å². The van der Waals surface area contributed by atoms with E-state index in [2.05, 4.69) is 10.2 Å². The molecule has 0 spiro atoms. The molecule has 0 aromatic rings. The van der Waals surface area contributed by atoms with E-state index in [9.17, 15) is 4.91 Å². The summed E-state index contributed by atoms with van der Waals surface area (Å²) in [4.78, 5) is 13.2. The first-order valence-corrected chi connectivity index (χ1v) is 1.97. The molecule has 0 N–H and O–H groups in total. The zero-order chi connectivity index (χ0) is 5.54. The summed E-state index contributed by atoms with van der Waals surface area (Å²) in [5.41, 5.74) is 0. The predicted octanol–water partition coefficient (Wildman–Crippen LogP) is 1.26. The maximum atomic E-state index is 9.17. The van der Waals surface area contributed by atoms with Gasteiger partial charge in [-0.1, -0.05) is 6.08 Å². The Kier molecular flexibility index (Phi) is 4.51. The van der Waals surface area contributed by atoms with Gasteiger partial charge in [0.1, 0.15) is 6.61 Å². The number of hydrogen-bond acceptors (Lipinski definition) is 3. The number of rotatable bonds is 3. The number of allylic oxidation sites excluding steroid dienone is 1. The third kappa shape index (κ3) is 5.14. The Labute approximate surface area is 41.9 Å². The molecular weight excluding hydrogens is 94.0 g/mol. The second kappa shape index (κ2) is 5.14. The van der Waals surface area contributed by atoms with Gasteiger partial charge in [-0.25, -0.2) is 0 Å². The van der Waals surface area contributed by atoms with Crippen molar-refractivity contribution in [2.45, 2.75) is 6.92 Å². The van der Waals surface area contributed by atoms with Gasteiger partial charge in [-0.2, -0.15) is 0 Å². The van der Waals surface area contributed by atoms with Crippen molar-refractivity contribution >= 4 is 0 Å². The van der Waals surface area contributed by atoms with Crippen LogP contribution >= 0.6 is 0 Å². The standard InChI is InChI=1S/C4H7NO2/c1-2-3-4-7-5-6/h2-3H,4H2,1H3. The summed E-state index contributed by atoms with van der Waals surface area (Å²) < 4.78 is 0. The third-order valence-electron chi connectivity index (χ3n) is 0.459. The fraction of sp³-hybridized carbons (Fsp3) is 0.500. The van der Waals surface area contributed by atoms with Gasteiger partial charge in [0.05, 0.1) is 0 Å². The molecule has 3 nitrogen and oxygen atoms in total. The topological polar surface area (TPSA) is 38.7 Å². The Balaban J connectivity index is 2.82. The molecule has 0 aliphatic carbocycles. The second-order valence-electron chi connectivity index (χ2n) is 0.939. The van der Waals surface area contributed by atoms with Crippen LogP contribution in [0.5, 0.6) is 0 Å². The second-order valence-corrected chi connectivity index (χ2v) is 0.939. The molecule has 0 unspecified atom stereocenters. The maximum absolute atomic E-state index is 9.17. The van der Waals surface area contributed by atoms with Gasteiger partial charge >= 0.3 is 0 Å². The molecule has 0 bridgehead atoms. The minimum absolute atomic E-state index is 0.278. The molecule has 0 saturated carbocycles. The van der Waals surface area contributed by atoms with E-state index in [1.807, 2.05) is 6.92 Å². The quantitative estimate of drug-likeness (QED) is 0.232. The summed E-state index contributed by atoms with van der Waals surface area (Å²) in [7, 11) is 0. The van der Waals surface area contributed by atoms with E-state index >= 15 is 0 Å². The average Bonchev–Trinajstić information content (AvgIpc) is 1.69. The lowest BCUT2D eigenvalue weighted by molar-refractivity contribution is 0.169. The molecule has 7 heavy (non-hydrogen) atoms. The number of nitrogens with zero attached hydrogens (tertiary/aromatic N) is 1. The van der Waals surface area contributed by atoms with Crippen LogP contribution in [0.4, 0.5) is 0 Å². The molecule has 0 atom stereocenters. The first kappa shape index (κ1) is 6.14. The third-order valence-corrected chi connectivity index (χ3v) is 0.459. The Hall–Kier alpha value is -0.860. The molecule has 40 valence electrons. The maximum Gasteiger partial charge on any atom is 0.155 e. The van der Waals surface area contributed by atoms with Crippen molar-refractivity contribution in [3.63, 3.8) is 0 Å². The molecule has 0 heterocycles. The molecule has 0 aliphatic heterocycles. The van der Waals surface area contributed by atoms with E-state index in [0.717, 1.165) is 0 Å². The van der Waals surface area contributed by atoms with Crippen molar-refractivity contribution in [1.82, 2.24) is 0 Å². The van der Waals surface area contributed by atoms with Gasteiger partial charge in [0.25, 0.3) is 0 Å². The molecule has 0 aromatic heterocycles. The van der Waals surface area contributed by atoms with Gasteiger partial charge in [0.15, 0.2) is 5.34 Å². The predicted molar refractivity (Wildman–Crippen MR) is 26.6 cm³/mol. The van der Waals surface area contributed by atoms with Crippen molar-refractivity contribution in [1.29, 1.82) is 0 Å². The van der Waals surface area contributed by atoms with Gasteiger partial charge < -0.3 is 4.84 Å². The molecule has 3 heteroatoms. The normalized spacial score (nSPS) is 9.29. The van der Waals surface area contributed by atoms with Crippen LogP contribution < -0.4 is 0 Å². The first-order valence-electron chi connectivity index (χ1n) is 1.97. The van der Waals surface area contributed by atoms with Crippen LogP contribution in [0.25, 0.3) is 0 Å². The zero-order valence-corrected chi connectivity index (χ0v) is 4.13. The fourth-order valence-electron chi connectivity index (χ4n) is 0.170. The molecule has 0 saturated heterocycles. The highest BCUT2D eigenvalue weighted by molar-refractivity contribution is 4.75. The summed E-state index contributed by atoms with van der Waals surface area (Å²) in [5.74, 6) is 0. The van der Waals surface area contributed by atoms with E-state index in [0.29, 0.717) is 0 Å². The van der Waals surface area contributed by atoms with E-state index in [1.165, 1.54) is 0 Å². The van der Waals surface area contributed by atoms with Gasteiger partial charge in [0.2, 0.25) is 0 Å². The molecule has 0 radical (unpaired) electrons. The largest absolute Gasteiger partial charge is 0.360 e. The van der Waals surface area contributed by atoms with Gasteiger partial charge in [-0.3, -0.25) is 0 Å². The highest BCUT2D eigenvalue weighted by Crippen LogP contribution is 1.74. The molecule has 0 rings (SSSR count). The Bertz CT molecular complexity index is 70.1. The highest BCUT2D eigenvalue weighted by atomic mass is 16.7. The smallest absolute Gasteiger partial charge is 0.155 e. The van der Waals surface area contributed by atoms with E-state index in [-0.39, 0.29) is 6.61 Å². The highest BCUT2D eigenvalue weighted by Gasteiger charge is 1.69. The van der Waals surface area contributed by atoms with Crippen molar-refractivity contribution in [3.8, 4) is 0 Å². The van der Waals surface area contributed by atoms with E-state index in [4.69, 9.17) is 0 Å². The Morgan fingerprint density at radius 3 is 3.00 bits per heavy atom. The van der Waals surface area contributed by atoms with Crippen molar-refractivity contribution < 1.29 is 4.84 Å². The van der Waals surface area contributed by atoms with Crippen molar-refractivity contribution in [3.05, 3.63) is 17.1 Å². The van der Waals surface area contributed by atoms with Crippen molar-refractivity contribution in [2.24, 2.45) is 5.34 Å². The van der Waals surface area contributed by atoms with Crippen LogP contribution in [-0.4, -0.2) is 6.61 Å². The lowest BCUT2D eigenvalue weighted by Crippen LogP contribution is -1.76. The summed E-state index contributed by atoms with van der Waals surface area (Å²) in [6.07, 6.45) is 3.48. The SMILES string of the molecule is CC=CCON=O. The molecule has 0 amide bonds. The van der Waals surface area contributed by atoms with Crippen molar-refractivity contribution in [2.75, 3.05) is 6.61 Å². The Morgan fingerprint density at radius 1 is 1.86 bits per heavy atom. The minimum atomic E-state index is 0.278. The van der Waals surface area contributed by atoms with Crippen LogP contribution in [-0.2, 0) is 4.84 Å². The van der Waals surface area contributed by atoms with Gasteiger partial charge in [-0.15, -0.1) is 4.91 Å². The summed E-state index contributed by atoms with van der Waals surface area (Å²) in [6, 6.07) is 0. The summed E-state index contributed by atoms with van der Waals surface area (Å²) in [6.45, 7) is 2.12. The van der Waals surface area contributed by atoms with Crippen LogP contribution in [0, 0.1) is 4.91 Å². The van der Waals surface area contributed by atoms with E-state index in [1.54, 1.807) is 12.2 Å². The van der Waals surface area contributed by atoms with Crippen LogP contribution in [0.15, 0.2) is 17.5 Å². The molecule has 0 aliphatic rings. The zero-order valence-electron chi connectivity index (χ0n) is 4.13. The monoisotopic (exact) mass is 101 g/mol. The molecule has 0 aromatic carbocycles. The molecular formula is C4H7NO2. The lowest BCUT2D eigenvalue weighted by atomic mass is 10.6. The van der Waals surface area contributed by atoms with Crippen LogP contribution in [0.2, 0.25) is 0 Å². The van der Waals surface area contributed by atoms with Crippen LogP contribution in [0.3, 0.4) is 0 Å². The first-order chi connectivity index (χ1) is 3.41. The minimum Gasteiger partial charge on any atom is -0.360 e. The Morgan fingerprint density at radius 2 is 2.57 bits per heavy atom. The lowest BCUT2D eigenvalue weighted by Gasteiger charge is -1.80. The molecule has 0 fully saturated rings. The number of hydrogen-bond donors (Lipinski definition) is 0. The average molecular weight is 101 g/mol. The van der Waals surface area contributed by atoms with Gasteiger partial charge in [-0.05, 0) is 13.0 Å². The fourth-order valence-corrected chi connectivity index (χ4v) is 0.170. The summed E-state index contributed by atoms with van der Waals surface area (Å²) in [5, 5.41) is 2.17. The summed E-state index contributed by atoms with van der Waals surface area (Å²) >= 11 is 0. The van der Waals surface area contributed by atoms with Crippen LogP contribution in [0.1, 0.15) is 6.92 Å². The van der Waals surface area contributed by atoms with E-state index < -0.39 is 0 Å².